The van der Waals surface area contributed by atoms with Gasteiger partial charge >= 0.3 is 14.8 Å². The van der Waals surface area contributed by atoms with Crippen molar-refractivity contribution in [3.8, 4) is 0 Å². The summed E-state index contributed by atoms with van der Waals surface area (Å²) >= 11 is 0. The molecule has 6 nitrogen and oxygen atoms in total. The summed E-state index contributed by atoms with van der Waals surface area (Å²) in [6.45, 7) is 8.22. The van der Waals surface area contributed by atoms with Crippen LogP contribution in [0.1, 0.15) is 20.3 Å². The largest absolute Gasteiger partial charge is 0.500 e. The van der Waals surface area contributed by atoms with E-state index in [-0.39, 0.29) is 12.1 Å². The van der Waals surface area contributed by atoms with Crippen LogP contribution in [0.5, 0.6) is 0 Å². The van der Waals surface area contributed by atoms with Crippen molar-refractivity contribution in [1.82, 2.24) is 0 Å². The van der Waals surface area contributed by atoms with Crippen molar-refractivity contribution in [1.29, 1.82) is 0 Å². The summed E-state index contributed by atoms with van der Waals surface area (Å²) in [7, 11) is 2.68. The second kappa shape index (κ2) is 10.1. The zero-order valence-corrected chi connectivity index (χ0v) is 14.1. The molecule has 1 fully saturated rings. The number of rotatable bonds is 8. The van der Waals surface area contributed by atoms with Crippen molar-refractivity contribution >= 4 is 14.8 Å². The lowest BCUT2D eigenvalue weighted by Crippen LogP contribution is -2.42. The summed E-state index contributed by atoms with van der Waals surface area (Å²) in [6.07, 6.45) is 1.17. The monoisotopic (exact) mass is 306 g/mol. The van der Waals surface area contributed by atoms with Gasteiger partial charge in [-0.25, -0.2) is 4.79 Å². The maximum atomic E-state index is 10.7. The molecule has 1 rings (SSSR count). The van der Waals surface area contributed by atoms with Gasteiger partial charge < -0.3 is 22.8 Å². The molecule has 0 aromatic heterocycles. The first kappa shape index (κ1) is 19.3. The fourth-order valence-electron chi connectivity index (χ4n) is 1.32. The van der Waals surface area contributed by atoms with Gasteiger partial charge in [-0.2, -0.15) is 0 Å². The van der Waals surface area contributed by atoms with Crippen LogP contribution in [0.4, 0.5) is 0 Å². The minimum absolute atomic E-state index is 0.142. The van der Waals surface area contributed by atoms with Crippen molar-refractivity contribution < 1.29 is 27.5 Å². The molecular weight excluding hydrogens is 280 g/mol. The van der Waals surface area contributed by atoms with E-state index in [4.69, 9.17) is 22.8 Å². The lowest BCUT2D eigenvalue weighted by atomic mass is 10.4. The van der Waals surface area contributed by atoms with E-state index in [1.807, 2.05) is 0 Å². The zero-order valence-electron chi connectivity index (χ0n) is 13.1. The molecule has 1 atom stereocenters. The third-order valence-electron chi connectivity index (χ3n) is 2.64. The van der Waals surface area contributed by atoms with Crippen molar-refractivity contribution in [3.63, 3.8) is 0 Å². The van der Waals surface area contributed by atoms with E-state index >= 15 is 0 Å². The second-order valence-corrected chi connectivity index (χ2v) is 7.47. The highest BCUT2D eigenvalue weighted by Crippen LogP contribution is 2.13. The molecule has 0 N–H and O–H groups in total. The Morgan fingerprint density at radius 1 is 1.30 bits per heavy atom. The molecule has 0 amide bonds. The third kappa shape index (κ3) is 7.76. The Hall–Kier alpha value is -0.733. The fraction of sp³-hybridized carbons (Fsp3) is 0.769. The maximum Gasteiger partial charge on any atom is 0.500 e. The standard InChI is InChI=1S/C7H10O3.C6H16O3Si/c1-5(2)7(8)10-4-6-3-9-6;1-5-6-10(7-2,8-3)9-4/h6H,1,3-4H2,2H3;5-6H2,1-4H3. The van der Waals surface area contributed by atoms with Crippen molar-refractivity contribution in [2.75, 3.05) is 34.5 Å². The van der Waals surface area contributed by atoms with Crippen LogP contribution in [0.2, 0.25) is 6.04 Å². The highest BCUT2D eigenvalue weighted by Gasteiger charge is 2.36. The lowest BCUT2D eigenvalue weighted by molar-refractivity contribution is -0.139. The van der Waals surface area contributed by atoms with Crippen LogP contribution >= 0.6 is 0 Å². The summed E-state index contributed by atoms with van der Waals surface area (Å²) in [6, 6.07) is 0.885. The van der Waals surface area contributed by atoms with E-state index in [0.717, 1.165) is 12.5 Å². The van der Waals surface area contributed by atoms with Crippen LogP contribution in [-0.2, 0) is 27.5 Å². The molecule has 1 aliphatic heterocycles. The lowest BCUT2D eigenvalue weighted by Gasteiger charge is -2.23. The summed E-state index contributed by atoms with van der Waals surface area (Å²) < 4.78 is 25.1. The molecule has 0 spiro atoms. The van der Waals surface area contributed by atoms with Gasteiger partial charge in [0.1, 0.15) is 12.7 Å². The number of carbonyl (C=O) groups is 1. The van der Waals surface area contributed by atoms with E-state index in [2.05, 4.69) is 13.5 Å². The van der Waals surface area contributed by atoms with Crippen LogP contribution in [0, 0.1) is 0 Å². The molecule has 1 aliphatic rings. The van der Waals surface area contributed by atoms with Crippen molar-refractivity contribution in [3.05, 3.63) is 12.2 Å². The molecule has 20 heavy (non-hydrogen) atoms. The Bertz CT molecular complexity index is 291. The molecule has 7 heteroatoms. The Kier molecular flexibility index (Phi) is 9.69. The van der Waals surface area contributed by atoms with E-state index in [1.165, 1.54) is 0 Å². The van der Waals surface area contributed by atoms with Crippen LogP contribution in [0.25, 0.3) is 0 Å². The second-order valence-electron chi connectivity index (χ2n) is 4.38. The molecule has 0 aromatic carbocycles. The van der Waals surface area contributed by atoms with E-state index in [0.29, 0.717) is 18.8 Å². The van der Waals surface area contributed by atoms with Crippen LogP contribution in [0.15, 0.2) is 12.2 Å². The van der Waals surface area contributed by atoms with Gasteiger partial charge in [0, 0.05) is 32.9 Å². The first-order valence-corrected chi connectivity index (χ1v) is 8.47. The highest BCUT2D eigenvalue weighted by molar-refractivity contribution is 6.60. The fourth-order valence-corrected chi connectivity index (χ4v) is 3.04. The number of ether oxygens (including phenoxy) is 2. The van der Waals surface area contributed by atoms with Gasteiger partial charge in [0.15, 0.2) is 0 Å². The van der Waals surface area contributed by atoms with E-state index < -0.39 is 8.80 Å². The SMILES string of the molecule is C=C(C)C(=O)OCC1CO1.CCC[Si](OC)(OC)OC. The molecule has 1 unspecified atom stereocenters. The predicted molar refractivity (Wildman–Crippen MR) is 77.4 cm³/mol. The molecule has 0 bridgehead atoms. The Balaban J connectivity index is 0.000000361. The van der Waals surface area contributed by atoms with Gasteiger partial charge in [0.25, 0.3) is 0 Å². The first-order chi connectivity index (χ1) is 9.44. The Labute approximate surface area is 122 Å². The number of epoxide rings is 1. The molecule has 118 valence electrons. The van der Waals surface area contributed by atoms with Gasteiger partial charge in [0.05, 0.1) is 6.61 Å². The van der Waals surface area contributed by atoms with E-state index in [9.17, 15) is 4.79 Å². The smallest absolute Gasteiger partial charge is 0.459 e. The Morgan fingerprint density at radius 3 is 2.05 bits per heavy atom. The molecule has 1 heterocycles. The molecule has 1 saturated heterocycles. The van der Waals surface area contributed by atoms with Gasteiger partial charge in [-0.15, -0.1) is 0 Å². The molecule has 0 radical (unpaired) electrons. The predicted octanol–water partition coefficient (Wildman–Crippen LogP) is 1.78. The van der Waals surface area contributed by atoms with Gasteiger partial charge in [-0.3, -0.25) is 0 Å². The minimum atomic E-state index is -2.22. The first-order valence-electron chi connectivity index (χ1n) is 6.54. The summed E-state index contributed by atoms with van der Waals surface area (Å²) in [5.41, 5.74) is 0.431. The third-order valence-corrected chi connectivity index (χ3v) is 5.62. The van der Waals surface area contributed by atoms with Gasteiger partial charge in [0.2, 0.25) is 0 Å². The quantitative estimate of drug-likeness (QED) is 0.295. The summed E-state index contributed by atoms with van der Waals surface area (Å²) in [5, 5.41) is 0. The van der Waals surface area contributed by atoms with Crippen LogP contribution < -0.4 is 0 Å². The topological polar surface area (TPSA) is 66.5 Å². The van der Waals surface area contributed by atoms with Crippen LogP contribution in [0.3, 0.4) is 0 Å². The molecular formula is C13H26O6Si. The highest BCUT2D eigenvalue weighted by atomic mass is 28.4. The normalized spacial score (nSPS) is 16.9. The summed E-state index contributed by atoms with van der Waals surface area (Å²) in [4.78, 5) is 10.7. The minimum Gasteiger partial charge on any atom is -0.459 e. The van der Waals surface area contributed by atoms with E-state index in [1.54, 1.807) is 28.3 Å². The maximum absolute atomic E-state index is 10.7. The number of esters is 1. The van der Waals surface area contributed by atoms with Gasteiger partial charge in [-0.05, 0) is 6.92 Å². The number of hydrogen-bond acceptors (Lipinski definition) is 6. The average Bonchev–Trinajstić information content (AvgIpc) is 3.27. The number of hydrogen-bond donors (Lipinski definition) is 0. The molecule has 0 aromatic rings. The molecule has 0 aliphatic carbocycles. The van der Waals surface area contributed by atoms with Gasteiger partial charge in [-0.1, -0.05) is 19.9 Å². The van der Waals surface area contributed by atoms with Crippen LogP contribution in [-0.4, -0.2) is 55.4 Å². The summed E-state index contributed by atoms with van der Waals surface area (Å²) in [5.74, 6) is -0.337. The average molecular weight is 306 g/mol. The van der Waals surface area contributed by atoms with Crippen molar-refractivity contribution in [2.24, 2.45) is 0 Å². The molecule has 0 saturated carbocycles. The number of carbonyl (C=O) groups excluding carboxylic acids is 1. The zero-order chi connectivity index (χ0) is 15.6. The van der Waals surface area contributed by atoms with Crippen molar-refractivity contribution in [2.45, 2.75) is 32.4 Å². The Morgan fingerprint density at radius 2 is 1.80 bits per heavy atom.